The Kier molecular flexibility index (Phi) is 3.95. The van der Waals surface area contributed by atoms with Crippen LogP contribution in [0.4, 0.5) is 8.78 Å². The van der Waals surface area contributed by atoms with E-state index >= 15 is 0 Å². The smallest absolute Gasteiger partial charge is 0.289 e. The summed E-state index contributed by atoms with van der Waals surface area (Å²) in [5.41, 5.74) is 0.332. The summed E-state index contributed by atoms with van der Waals surface area (Å²) in [6.45, 7) is 5.84. The Morgan fingerprint density at radius 2 is 1.89 bits per heavy atom. The van der Waals surface area contributed by atoms with Crippen molar-refractivity contribution in [3.05, 3.63) is 29.3 Å². The fraction of sp³-hybridized carbons (Fsp3) is 0.500. The number of hydrogen-bond donors (Lipinski definition) is 0. The van der Waals surface area contributed by atoms with Gasteiger partial charge < -0.3 is 4.74 Å². The third-order valence-corrected chi connectivity index (χ3v) is 2.76. The topological polar surface area (TPSA) is 33.0 Å². The summed E-state index contributed by atoms with van der Waals surface area (Å²) in [5.74, 6) is -3.08. The van der Waals surface area contributed by atoms with Crippen molar-refractivity contribution in [2.45, 2.75) is 38.5 Å². The Hall–Kier alpha value is -1.63. The molecule has 0 aromatic heterocycles. The maximum atomic E-state index is 13.9. The van der Waals surface area contributed by atoms with Gasteiger partial charge in [-0.25, -0.2) is 8.78 Å². The van der Waals surface area contributed by atoms with Crippen molar-refractivity contribution in [2.24, 2.45) is 0 Å². The molecule has 0 aliphatic rings. The van der Waals surface area contributed by atoms with Crippen LogP contribution in [-0.4, -0.2) is 7.11 Å². The minimum absolute atomic E-state index is 0.114. The van der Waals surface area contributed by atoms with E-state index in [2.05, 4.69) is 0 Å². The number of benzene rings is 1. The summed E-state index contributed by atoms with van der Waals surface area (Å²) >= 11 is 0. The minimum Gasteiger partial charge on any atom is -0.496 e. The SMILES string of the molecule is COc1ccc(C(C)(C)C)cc1C(F)(F)CC#N. The van der Waals surface area contributed by atoms with Crippen LogP contribution in [0.1, 0.15) is 38.3 Å². The van der Waals surface area contributed by atoms with Gasteiger partial charge in [-0.05, 0) is 23.1 Å². The summed E-state index contributed by atoms with van der Waals surface area (Å²) in [6, 6.07) is 6.23. The number of alkyl halides is 2. The monoisotopic (exact) mass is 253 g/mol. The van der Waals surface area contributed by atoms with E-state index in [1.807, 2.05) is 20.8 Å². The third-order valence-electron chi connectivity index (χ3n) is 2.76. The van der Waals surface area contributed by atoms with Crippen molar-refractivity contribution in [1.29, 1.82) is 5.26 Å². The molecule has 0 aliphatic carbocycles. The lowest BCUT2D eigenvalue weighted by molar-refractivity contribution is -0.00139. The first kappa shape index (κ1) is 14.4. The molecule has 0 heterocycles. The predicted molar refractivity (Wildman–Crippen MR) is 65.8 cm³/mol. The van der Waals surface area contributed by atoms with E-state index in [-0.39, 0.29) is 16.7 Å². The van der Waals surface area contributed by atoms with Gasteiger partial charge in [0, 0.05) is 0 Å². The molecule has 0 atom stereocenters. The molecule has 0 radical (unpaired) electrons. The van der Waals surface area contributed by atoms with Crippen molar-refractivity contribution in [3.63, 3.8) is 0 Å². The Morgan fingerprint density at radius 3 is 2.33 bits per heavy atom. The summed E-state index contributed by atoms with van der Waals surface area (Å²) in [4.78, 5) is 0. The summed E-state index contributed by atoms with van der Waals surface area (Å²) in [6.07, 6.45) is -0.850. The predicted octanol–water partition coefficient (Wildman–Crippen LogP) is 4.00. The van der Waals surface area contributed by atoms with Gasteiger partial charge in [0.25, 0.3) is 5.92 Å². The van der Waals surface area contributed by atoms with Gasteiger partial charge in [0.2, 0.25) is 0 Å². The lowest BCUT2D eigenvalue weighted by atomic mass is 9.85. The van der Waals surface area contributed by atoms with E-state index in [1.54, 1.807) is 6.07 Å². The van der Waals surface area contributed by atoms with Gasteiger partial charge in [0.1, 0.15) is 12.2 Å². The Labute approximate surface area is 106 Å². The first-order valence-electron chi connectivity index (χ1n) is 5.66. The molecule has 0 aliphatic heterocycles. The van der Waals surface area contributed by atoms with Crippen LogP contribution in [0.25, 0.3) is 0 Å². The number of ether oxygens (including phenoxy) is 1. The highest BCUT2D eigenvalue weighted by Gasteiger charge is 2.35. The summed E-state index contributed by atoms with van der Waals surface area (Å²) in [5, 5.41) is 8.49. The first-order valence-corrected chi connectivity index (χ1v) is 5.66. The van der Waals surface area contributed by atoms with E-state index in [0.717, 1.165) is 5.56 Å². The van der Waals surface area contributed by atoms with Gasteiger partial charge >= 0.3 is 0 Å². The molecule has 0 spiro atoms. The molecule has 2 nitrogen and oxygen atoms in total. The van der Waals surface area contributed by atoms with Crippen LogP contribution in [0.3, 0.4) is 0 Å². The number of methoxy groups -OCH3 is 1. The molecule has 1 aromatic rings. The van der Waals surface area contributed by atoms with Gasteiger partial charge in [-0.3, -0.25) is 0 Å². The van der Waals surface area contributed by atoms with Crippen molar-refractivity contribution in [1.82, 2.24) is 0 Å². The lowest BCUT2D eigenvalue weighted by Crippen LogP contribution is -2.17. The first-order chi connectivity index (χ1) is 8.22. The van der Waals surface area contributed by atoms with E-state index < -0.39 is 12.3 Å². The molecular formula is C14H17F2NO. The van der Waals surface area contributed by atoms with Gasteiger partial charge in [-0.1, -0.05) is 26.8 Å². The fourth-order valence-electron chi connectivity index (χ4n) is 1.65. The van der Waals surface area contributed by atoms with Crippen molar-refractivity contribution in [3.8, 4) is 11.8 Å². The second-order valence-corrected chi connectivity index (χ2v) is 5.20. The zero-order valence-electron chi connectivity index (χ0n) is 11.1. The minimum atomic E-state index is -3.19. The molecule has 98 valence electrons. The Bertz CT molecular complexity index is 470. The third kappa shape index (κ3) is 2.98. The quantitative estimate of drug-likeness (QED) is 0.815. The molecule has 0 fully saturated rings. The van der Waals surface area contributed by atoms with Crippen LogP contribution in [0.2, 0.25) is 0 Å². The van der Waals surface area contributed by atoms with Crippen LogP contribution in [0, 0.1) is 11.3 Å². The lowest BCUT2D eigenvalue weighted by Gasteiger charge is -2.23. The molecule has 0 saturated heterocycles. The number of halogens is 2. The van der Waals surface area contributed by atoms with Crippen molar-refractivity contribution >= 4 is 0 Å². The molecule has 0 bridgehead atoms. The van der Waals surface area contributed by atoms with Crippen LogP contribution in [-0.2, 0) is 11.3 Å². The molecule has 4 heteroatoms. The number of hydrogen-bond acceptors (Lipinski definition) is 2. The summed E-state index contributed by atoms with van der Waals surface area (Å²) in [7, 11) is 1.35. The molecular weight excluding hydrogens is 236 g/mol. The largest absolute Gasteiger partial charge is 0.496 e. The molecule has 0 N–H and O–H groups in total. The Morgan fingerprint density at radius 1 is 1.28 bits per heavy atom. The second-order valence-electron chi connectivity index (χ2n) is 5.20. The average Bonchev–Trinajstić information content (AvgIpc) is 2.27. The fourth-order valence-corrected chi connectivity index (χ4v) is 1.65. The zero-order chi connectivity index (χ0) is 14.0. The van der Waals surface area contributed by atoms with E-state index in [4.69, 9.17) is 10.00 Å². The molecule has 18 heavy (non-hydrogen) atoms. The average molecular weight is 253 g/mol. The van der Waals surface area contributed by atoms with Gasteiger partial charge in [0.15, 0.2) is 0 Å². The highest BCUT2D eigenvalue weighted by atomic mass is 19.3. The molecule has 1 rings (SSSR count). The molecule has 0 saturated carbocycles. The maximum absolute atomic E-state index is 13.9. The van der Waals surface area contributed by atoms with Crippen molar-refractivity contribution < 1.29 is 13.5 Å². The van der Waals surface area contributed by atoms with Crippen LogP contribution in [0.15, 0.2) is 18.2 Å². The second kappa shape index (κ2) is 4.93. The van der Waals surface area contributed by atoms with Crippen LogP contribution >= 0.6 is 0 Å². The molecule has 1 aromatic carbocycles. The van der Waals surface area contributed by atoms with Crippen LogP contribution in [0.5, 0.6) is 5.75 Å². The van der Waals surface area contributed by atoms with Crippen LogP contribution < -0.4 is 4.74 Å². The van der Waals surface area contributed by atoms with E-state index in [9.17, 15) is 8.78 Å². The standard InChI is InChI=1S/C14H17F2NO/c1-13(2,3)10-5-6-12(18-4)11(9-10)14(15,16)7-8-17/h5-6,9H,7H2,1-4H3. The normalized spacial score (nSPS) is 12.1. The van der Waals surface area contributed by atoms with Gasteiger partial charge in [-0.15, -0.1) is 0 Å². The number of nitriles is 1. The molecule has 0 unspecified atom stereocenters. The highest BCUT2D eigenvalue weighted by molar-refractivity contribution is 5.42. The van der Waals surface area contributed by atoms with Gasteiger partial charge in [0.05, 0.1) is 18.7 Å². The zero-order valence-corrected chi connectivity index (χ0v) is 11.1. The van der Waals surface area contributed by atoms with E-state index in [0.29, 0.717) is 0 Å². The number of rotatable bonds is 3. The molecule has 0 amide bonds. The summed E-state index contributed by atoms with van der Waals surface area (Å²) < 4.78 is 32.7. The highest BCUT2D eigenvalue weighted by Crippen LogP contribution is 2.39. The Balaban J connectivity index is 3.36. The van der Waals surface area contributed by atoms with E-state index in [1.165, 1.54) is 25.3 Å². The number of nitrogens with zero attached hydrogens (tertiary/aromatic N) is 1. The van der Waals surface area contributed by atoms with Gasteiger partial charge in [-0.2, -0.15) is 5.26 Å². The van der Waals surface area contributed by atoms with Crippen molar-refractivity contribution in [2.75, 3.05) is 7.11 Å². The maximum Gasteiger partial charge on any atom is 0.289 e.